The molecule has 0 aliphatic heterocycles. The molecule has 1 heterocycles. The van der Waals surface area contributed by atoms with E-state index in [1.54, 1.807) is 0 Å². The molecule has 1 amide bonds. The maximum absolute atomic E-state index is 11.9. The van der Waals surface area contributed by atoms with Crippen molar-refractivity contribution in [3.8, 4) is 0 Å². The highest BCUT2D eigenvalue weighted by Gasteiger charge is 2.14. The summed E-state index contributed by atoms with van der Waals surface area (Å²) in [6.07, 6.45) is 1.88. The molecule has 6 heteroatoms. The number of nitrogens with zero attached hydrogens (tertiary/aromatic N) is 2. The number of aromatic amines is 1. The third-order valence-electron chi connectivity index (χ3n) is 3.48. The maximum Gasteiger partial charge on any atom is 0.343 e. The zero-order valence-corrected chi connectivity index (χ0v) is 12.3. The highest BCUT2D eigenvalue weighted by Crippen LogP contribution is 2.11. The molecule has 0 saturated heterocycles. The van der Waals surface area contributed by atoms with E-state index < -0.39 is 5.69 Å². The Morgan fingerprint density at radius 2 is 2.10 bits per heavy atom. The van der Waals surface area contributed by atoms with Crippen molar-refractivity contribution in [3.63, 3.8) is 0 Å². The van der Waals surface area contributed by atoms with E-state index in [-0.39, 0.29) is 11.7 Å². The minimum absolute atomic E-state index is 0.0528. The van der Waals surface area contributed by atoms with Crippen LogP contribution in [0.1, 0.15) is 29.5 Å². The zero-order chi connectivity index (χ0) is 15.2. The van der Waals surface area contributed by atoms with Gasteiger partial charge in [0.05, 0.1) is 0 Å². The molecular formula is C15H20N4O2. The van der Waals surface area contributed by atoms with Crippen LogP contribution in [0.4, 0.5) is 0 Å². The van der Waals surface area contributed by atoms with Crippen LogP contribution in [0.25, 0.3) is 0 Å². The monoisotopic (exact) mass is 288 g/mol. The lowest BCUT2D eigenvalue weighted by molar-refractivity contribution is 0.0936. The zero-order valence-electron chi connectivity index (χ0n) is 12.3. The number of aryl methyl sites for hydroxylation is 1. The first-order valence-corrected chi connectivity index (χ1v) is 7.05. The quantitative estimate of drug-likeness (QED) is 0.835. The van der Waals surface area contributed by atoms with E-state index in [1.807, 2.05) is 18.2 Å². The number of aromatic nitrogens is 3. The summed E-state index contributed by atoms with van der Waals surface area (Å²) in [6, 6.07) is 10.2. The molecule has 1 aromatic carbocycles. The van der Waals surface area contributed by atoms with Gasteiger partial charge in [0.25, 0.3) is 5.91 Å². The van der Waals surface area contributed by atoms with E-state index in [2.05, 4.69) is 34.5 Å². The summed E-state index contributed by atoms with van der Waals surface area (Å²) in [5, 5.41) is 6.66. The van der Waals surface area contributed by atoms with Crippen molar-refractivity contribution < 1.29 is 4.79 Å². The molecule has 0 aliphatic carbocycles. The summed E-state index contributed by atoms with van der Waals surface area (Å²) in [7, 11) is 1.50. The number of hydrogen-bond donors (Lipinski definition) is 2. The molecule has 0 saturated carbocycles. The van der Waals surface area contributed by atoms with E-state index in [0.717, 1.165) is 17.5 Å². The van der Waals surface area contributed by atoms with Crippen molar-refractivity contribution >= 4 is 5.91 Å². The van der Waals surface area contributed by atoms with Crippen LogP contribution in [0.5, 0.6) is 0 Å². The van der Waals surface area contributed by atoms with Gasteiger partial charge in [-0.25, -0.2) is 9.48 Å². The molecular weight excluding hydrogens is 268 g/mol. The molecule has 112 valence electrons. The Morgan fingerprint density at radius 1 is 1.38 bits per heavy atom. The van der Waals surface area contributed by atoms with E-state index >= 15 is 0 Å². The van der Waals surface area contributed by atoms with Crippen LogP contribution in [0.15, 0.2) is 35.1 Å². The van der Waals surface area contributed by atoms with Gasteiger partial charge < -0.3 is 5.32 Å². The van der Waals surface area contributed by atoms with E-state index in [0.29, 0.717) is 12.5 Å². The lowest BCUT2D eigenvalue weighted by Crippen LogP contribution is -2.31. The molecule has 1 atom stereocenters. The molecule has 2 rings (SSSR count). The van der Waals surface area contributed by atoms with Gasteiger partial charge >= 0.3 is 5.69 Å². The first-order valence-electron chi connectivity index (χ1n) is 7.05. The summed E-state index contributed by atoms with van der Waals surface area (Å²) in [5.41, 5.74) is 0.862. The molecule has 21 heavy (non-hydrogen) atoms. The SMILES string of the molecule is CC[C@H](CNC(=O)c1nn(C)c(=O)[nH]1)Cc1ccccc1. The number of carbonyl (C=O) groups excluding carboxylic acids is 1. The maximum atomic E-state index is 11.9. The smallest absolute Gasteiger partial charge is 0.343 e. The summed E-state index contributed by atoms with van der Waals surface area (Å²) >= 11 is 0. The van der Waals surface area contributed by atoms with Gasteiger partial charge in [-0.1, -0.05) is 43.7 Å². The average Bonchev–Trinajstić information content (AvgIpc) is 2.84. The summed E-state index contributed by atoms with van der Waals surface area (Å²) in [6.45, 7) is 2.66. The predicted molar refractivity (Wildman–Crippen MR) is 80.1 cm³/mol. The molecule has 0 fully saturated rings. The molecule has 0 radical (unpaired) electrons. The Balaban J connectivity index is 1.91. The summed E-state index contributed by atoms with van der Waals surface area (Å²) < 4.78 is 1.11. The van der Waals surface area contributed by atoms with Crippen molar-refractivity contribution in [1.29, 1.82) is 0 Å². The topological polar surface area (TPSA) is 79.8 Å². The molecule has 6 nitrogen and oxygen atoms in total. The van der Waals surface area contributed by atoms with Crippen LogP contribution < -0.4 is 11.0 Å². The third kappa shape index (κ3) is 4.05. The van der Waals surface area contributed by atoms with Gasteiger partial charge in [-0.3, -0.25) is 9.78 Å². The number of nitrogens with one attached hydrogen (secondary N) is 2. The number of carbonyl (C=O) groups is 1. The molecule has 0 bridgehead atoms. The minimum atomic E-state index is -0.392. The lowest BCUT2D eigenvalue weighted by Gasteiger charge is -2.15. The van der Waals surface area contributed by atoms with Crippen LogP contribution in [0.3, 0.4) is 0 Å². The van der Waals surface area contributed by atoms with Crippen LogP contribution >= 0.6 is 0 Å². The van der Waals surface area contributed by atoms with Crippen LogP contribution in [0.2, 0.25) is 0 Å². The van der Waals surface area contributed by atoms with Crippen molar-refractivity contribution in [1.82, 2.24) is 20.1 Å². The first kappa shape index (κ1) is 15.0. The Kier molecular flexibility index (Phi) is 4.92. The van der Waals surface area contributed by atoms with Crippen LogP contribution in [0, 0.1) is 5.92 Å². The first-order chi connectivity index (χ1) is 10.1. The molecule has 0 spiro atoms. The number of amides is 1. The van der Waals surface area contributed by atoms with Crippen molar-refractivity contribution in [3.05, 3.63) is 52.2 Å². The molecule has 2 N–H and O–H groups in total. The second kappa shape index (κ2) is 6.88. The average molecular weight is 288 g/mol. The number of rotatable bonds is 6. The van der Waals surface area contributed by atoms with Gasteiger partial charge in [-0.05, 0) is 17.9 Å². The standard InChI is InChI=1S/C15H20N4O2/c1-3-11(9-12-7-5-4-6-8-12)10-16-14(20)13-17-15(21)19(2)18-13/h4-8,11H,3,9-10H2,1-2H3,(H,16,20)(H,17,18,21)/t11-/m0/s1. The Hall–Kier alpha value is -2.37. The van der Waals surface area contributed by atoms with Crippen molar-refractivity contribution in [2.75, 3.05) is 6.54 Å². The highest BCUT2D eigenvalue weighted by molar-refractivity contribution is 5.90. The van der Waals surface area contributed by atoms with E-state index in [9.17, 15) is 9.59 Å². The van der Waals surface area contributed by atoms with E-state index in [1.165, 1.54) is 12.6 Å². The van der Waals surface area contributed by atoms with Gasteiger partial charge in [0, 0.05) is 13.6 Å². The van der Waals surface area contributed by atoms with Gasteiger partial charge in [0.15, 0.2) is 0 Å². The Morgan fingerprint density at radius 3 is 2.67 bits per heavy atom. The van der Waals surface area contributed by atoms with E-state index in [4.69, 9.17) is 0 Å². The molecule has 0 unspecified atom stereocenters. The lowest BCUT2D eigenvalue weighted by atomic mass is 9.97. The predicted octanol–water partition coefficient (Wildman–Crippen LogP) is 1.11. The van der Waals surface area contributed by atoms with Crippen LogP contribution in [-0.4, -0.2) is 27.2 Å². The normalized spacial score (nSPS) is 12.1. The Bertz CT molecular complexity index is 645. The van der Waals surface area contributed by atoms with Gasteiger partial charge in [0.1, 0.15) is 0 Å². The highest BCUT2D eigenvalue weighted by atomic mass is 16.2. The number of hydrogen-bond acceptors (Lipinski definition) is 3. The molecule has 1 aromatic heterocycles. The van der Waals surface area contributed by atoms with Crippen molar-refractivity contribution in [2.45, 2.75) is 19.8 Å². The third-order valence-corrected chi connectivity index (χ3v) is 3.48. The fraction of sp³-hybridized carbons (Fsp3) is 0.400. The second-order valence-electron chi connectivity index (χ2n) is 5.08. The number of H-pyrrole nitrogens is 1. The van der Waals surface area contributed by atoms with Crippen molar-refractivity contribution in [2.24, 2.45) is 13.0 Å². The van der Waals surface area contributed by atoms with Gasteiger partial charge in [-0.2, -0.15) is 0 Å². The fourth-order valence-electron chi connectivity index (χ4n) is 2.13. The second-order valence-corrected chi connectivity index (χ2v) is 5.08. The molecule has 0 aliphatic rings. The fourth-order valence-corrected chi connectivity index (χ4v) is 2.13. The summed E-state index contributed by atoms with van der Waals surface area (Å²) in [4.78, 5) is 25.6. The van der Waals surface area contributed by atoms with Gasteiger partial charge in [0.2, 0.25) is 5.82 Å². The summed E-state index contributed by atoms with van der Waals surface area (Å²) in [5.74, 6) is 0.0584. The largest absolute Gasteiger partial charge is 0.349 e. The van der Waals surface area contributed by atoms with Crippen LogP contribution in [-0.2, 0) is 13.5 Å². The van der Waals surface area contributed by atoms with Gasteiger partial charge in [-0.15, -0.1) is 5.10 Å². The molecule has 2 aromatic rings. The minimum Gasteiger partial charge on any atom is -0.349 e. The Labute approximate surface area is 123 Å². The number of benzene rings is 1.